The minimum Gasteiger partial charge on any atom is -0.312 e. The molecule has 0 unspecified atom stereocenters. The molecule has 26 heavy (non-hydrogen) atoms. The van der Waals surface area contributed by atoms with Gasteiger partial charge < -0.3 is 4.90 Å². The van der Waals surface area contributed by atoms with E-state index < -0.39 is 10.0 Å². The van der Waals surface area contributed by atoms with Gasteiger partial charge >= 0.3 is 0 Å². The van der Waals surface area contributed by atoms with Gasteiger partial charge in [-0.1, -0.05) is 19.1 Å². The molecule has 1 saturated heterocycles. The molecule has 2 aromatic rings. The van der Waals surface area contributed by atoms with Gasteiger partial charge in [0.05, 0.1) is 4.90 Å². The van der Waals surface area contributed by atoms with Crippen LogP contribution in [0.2, 0.25) is 0 Å². The summed E-state index contributed by atoms with van der Waals surface area (Å²) >= 11 is 0. The summed E-state index contributed by atoms with van der Waals surface area (Å²) in [6.07, 6.45) is 3.36. The van der Waals surface area contributed by atoms with Crippen molar-refractivity contribution in [1.82, 2.24) is 0 Å². The lowest BCUT2D eigenvalue weighted by molar-refractivity contribution is -0.119. The number of carbonyl (C=O) groups is 1. The summed E-state index contributed by atoms with van der Waals surface area (Å²) in [4.78, 5) is 14.1. The van der Waals surface area contributed by atoms with Crippen molar-refractivity contribution in [3.63, 3.8) is 0 Å². The standard InChI is InChI=1S/C20H24N2O3S/c1-3-16-7-10-18(11-8-16)26(24,25)21-17-9-12-19(15(2)14-17)22-13-5-4-6-20(22)23/h7-12,14,21H,3-6,13H2,1-2H3. The third-order valence-electron chi connectivity index (χ3n) is 4.71. The normalized spacial score (nSPS) is 15.2. The molecule has 1 heterocycles. The van der Waals surface area contributed by atoms with Crippen molar-refractivity contribution in [2.75, 3.05) is 16.2 Å². The summed E-state index contributed by atoms with van der Waals surface area (Å²) in [7, 11) is -3.63. The maximum Gasteiger partial charge on any atom is 0.261 e. The molecule has 1 aliphatic heterocycles. The van der Waals surface area contributed by atoms with Crippen LogP contribution in [-0.2, 0) is 21.2 Å². The Bertz CT molecular complexity index is 905. The summed E-state index contributed by atoms with van der Waals surface area (Å²) in [5.74, 6) is 0.128. The van der Waals surface area contributed by atoms with Crippen LogP contribution >= 0.6 is 0 Å². The maximum atomic E-state index is 12.6. The van der Waals surface area contributed by atoms with Crippen LogP contribution < -0.4 is 9.62 Å². The van der Waals surface area contributed by atoms with E-state index in [2.05, 4.69) is 4.72 Å². The molecule has 0 aliphatic carbocycles. The number of piperidine rings is 1. The van der Waals surface area contributed by atoms with E-state index >= 15 is 0 Å². The fourth-order valence-corrected chi connectivity index (χ4v) is 4.25. The van der Waals surface area contributed by atoms with E-state index in [0.29, 0.717) is 18.7 Å². The number of hydrogen-bond donors (Lipinski definition) is 1. The summed E-state index contributed by atoms with van der Waals surface area (Å²) in [6.45, 7) is 4.64. The maximum absolute atomic E-state index is 12.6. The summed E-state index contributed by atoms with van der Waals surface area (Å²) in [5.41, 5.74) is 3.32. The van der Waals surface area contributed by atoms with Gasteiger partial charge in [0.25, 0.3) is 10.0 Å². The molecule has 2 aromatic carbocycles. The SMILES string of the molecule is CCc1ccc(S(=O)(=O)Nc2ccc(N3CCCCC3=O)c(C)c2)cc1. The molecule has 6 heteroatoms. The topological polar surface area (TPSA) is 66.5 Å². The fourth-order valence-electron chi connectivity index (χ4n) is 3.20. The van der Waals surface area contributed by atoms with Crippen LogP contribution in [0.15, 0.2) is 47.4 Å². The molecular weight excluding hydrogens is 348 g/mol. The van der Waals surface area contributed by atoms with Crippen LogP contribution in [0, 0.1) is 6.92 Å². The van der Waals surface area contributed by atoms with Crippen molar-refractivity contribution in [3.8, 4) is 0 Å². The molecule has 0 spiro atoms. The van der Waals surface area contributed by atoms with Crippen LogP contribution in [0.3, 0.4) is 0 Å². The third kappa shape index (κ3) is 3.90. The zero-order chi connectivity index (χ0) is 18.7. The first-order valence-corrected chi connectivity index (χ1v) is 10.4. The first kappa shape index (κ1) is 18.5. The molecule has 1 N–H and O–H groups in total. The predicted molar refractivity (Wildman–Crippen MR) is 104 cm³/mol. The van der Waals surface area contributed by atoms with Gasteiger partial charge in [0.2, 0.25) is 5.91 Å². The second-order valence-electron chi connectivity index (χ2n) is 6.61. The van der Waals surface area contributed by atoms with Crippen LogP contribution in [0.25, 0.3) is 0 Å². The van der Waals surface area contributed by atoms with E-state index in [1.165, 1.54) is 0 Å². The Balaban J connectivity index is 1.81. The second kappa shape index (κ2) is 7.50. The number of nitrogens with one attached hydrogen (secondary N) is 1. The number of sulfonamides is 1. The van der Waals surface area contributed by atoms with Crippen LogP contribution in [-0.4, -0.2) is 20.9 Å². The molecule has 1 amide bonds. The highest BCUT2D eigenvalue weighted by Gasteiger charge is 2.21. The highest BCUT2D eigenvalue weighted by molar-refractivity contribution is 7.92. The van der Waals surface area contributed by atoms with Crippen molar-refractivity contribution in [1.29, 1.82) is 0 Å². The number of benzene rings is 2. The smallest absolute Gasteiger partial charge is 0.261 e. The molecule has 0 aromatic heterocycles. The van der Waals surface area contributed by atoms with Crippen molar-refractivity contribution in [2.24, 2.45) is 0 Å². The molecule has 138 valence electrons. The van der Waals surface area contributed by atoms with Gasteiger partial charge in [-0.15, -0.1) is 0 Å². The van der Waals surface area contributed by atoms with Gasteiger partial charge in [0.15, 0.2) is 0 Å². The summed E-state index contributed by atoms with van der Waals surface area (Å²) < 4.78 is 27.8. The van der Waals surface area contributed by atoms with Gasteiger partial charge in [-0.05, 0) is 67.6 Å². The van der Waals surface area contributed by atoms with Gasteiger partial charge in [0.1, 0.15) is 0 Å². The van der Waals surface area contributed by atoms with Crippen molar-refractivity contribution in [2.45, 2.75) is 44.4 Å². The zero-order valence-electron chi connectivity index (χ0n) is 15.2. The quantitative estimate of drug-likeness (QED) is 0.866. The molecule has 0 radical (unpaired) electrons. The van der Waals surface area contributed by atoms with E-state index in [1.54, 1.807) is 29.2 Å². The van der Waals surface area contributed by atoms with Gasteiger partial charge in [-0.2, -0.15) is 0 Å². The van der Waals surface area contributed by atoms with Crippen molar-refractivity contribution < 1.29 is 13.2 Å². The van der Waals surface area contributed by atoms with Crippen molar-refractivity contribution in [3.05, 3.63) is 53.6 Å². The second-order valence-corrected chi connectivity index (χ2v) is 8.29. The number of hydrogen-bond acceptors (Lipinski definition) is 3. The van der Waals surface area contributed by atoms with Gasteiger partial charge in [-0.3, -0.25) is 9.52 Å². The Kier molecular flexibility index (Phi) is 5.32. The zero-order valence-corrected chi connectivity index (χ0v) is 16.0. The van der Waals surface area contributed by atoms with E-state index in [-0.39, 0.29) is 10.8 Å². The Morgan fingerprint density at radius 2 is 1.81 bits per heavy atom. The number of nitrogens with zero attached hydrogens (tertiary/aromatic N) is 1. The molecule has 1 aliphatic rings. The Labute approximate surface area is 155 Å². The van der Waals surface area contributed by atoms with Crippen LogP contribution in [0.5, 0.6) is 0 Å². The number of rotatable bonds is 5. The molecule has 0 bridgehead atoms. The number of aryl methyl sites for hydroxylation is 2. The summed E-state index contributed by atoms with van der Waals surface area (Å²) in [5, 5.41) is 0. The Morgan fingerprint density at radius 1 is 1.08 bits per heavy atom. The van der Waals surface area contributed by atoms with Crippen molar-refractivity contribution >= 4 is 27.3 Å². The third-order valence-corrected chi connectivity index (χ3v) is 6.10. The Hall–Kier alpha value is -2.34. The first-order chi connectivity index (χ1) is 12.4. The van der Waals surface area contributed by atoms with E-state index in [1.807, 2.05) is 32.0 Å². The minimum absolute atomic E-state index is 0.128. The Morgan fingerprint density at radius 3 is 2.42 bits per heavy atom. The number of amides is 1. The average Bonchev–Trinajstić information content (AvgIpc) is 2.62. The monoisotopic (exact) mass is 372 g/mol. The molecule has 1 fully saturated rings. The van der Waals surface area contributed by atoms with Crippen LogP contribution in [0.4, 0.5) is 11.4 Å². The molecule has 5 nitrogen and oxygen atoms in total. The van der Waals surface area contributed by atoms with Crippen LogP contribution in [0.1, 0.15) is 37.3 Å². The van der Waals surface area contributed by atoms with E-state index in [9.17, 15) is 13.2 Å². The largest absolute Gasteiger partial charge is 0.312 e. The number of anilines is 2. The predicted octanol–water partition coefficient (Wildman–Crippen LogP) is 3.88. The highest BCUT2D eigenvalue weighted by Crippen LogP contribution is 2.28. The molecule has 3 rings (SSSR count). The summed E-state index contributed by atoms with van der Waals surface area (Å²) in [6, 6.07) is 12.2. The lowest BCUT2D eigenvalue weighted by Crippen LogP contribution is -2.35. The average molecular weight is 372 g/mol. The molecular formula is C20H24N2O3S. The fraction of sp³-hybridized carbons (Fsp3) is 0.350. The first-order valence-electron chi connectivity index (χ1n) is 8.93. The lowest BCUT2D eigenvalue weighted by Gasteiger charge is -2.28. The minimum atomic E-state index is -3.63. The van der Waals surface area contributed by atoms with Gasteiger partial charge in [-0.25, -0.2) is 8.42 Å². The lowest BCUT2D eigenvalue weighted by atomic mass is 10.1. The van der Waals surface area contributed by atoms with E-state index in [4.69, 9.17) is 0 Å². The van der Waals surface area contributed by atoms with Gasteiger partial charge in [0, 0.05) is 24.3 Å². The highest BCUT2D eigenvalue weighted by atomic mass is 32.2. The number of carbonyl (C=O) groups excluding carboxylic acids is 1. The van der Waals surface area contributed by atoms with E-state index in [0.717, 1.165) is 36.1 Å². The molecule has 0 saturated carbocycles. The molecule has 0 atom stereocenters.